The molecular weight excluding hydrogens is 330 g/mol. The van der Waals surface area contributed by atoms with Crippen molar-refractivity contribution in [3.63, 3.8) is 0 Å². The van der Waals surface area contributed by atoms with E-state index in [0.29, 0.717) is 5.56 Å². The Morgan fingerprint density at radius 2 is 1.72 bits per heavy atom. The van der Waals surface area contributed by atoms with Gasteiger partial charge in [-0.3, -0.25) is 4.79 Å². The van der Waals surface area contributed by atoms with E-state index in [1.165, 1.54) is 0 Å². The lowest BCUT2D eigenvalue weighted by molar-refractivity contribution is 0.0644. The van der Waals surface area contributed by atoms with Crippen molar-refractivity contribution in [2.24, 2.45) is 0 Å². The molecule has 0 unspecified atom stereocenters. The second-order valence-electron chi connectivity index (χ2n) is 6.55. The van der Waals surface area contributed by atoms with E-state index >= 15 is 0 Å². The lowest BCUT2D eigenvalue weighted by atomic mass is 10.1. The first kappa shape index (κ1) is 17.4. The highest BCUT2D eigenvalue weighted by molar-refractivity contribution is 7.13. The topological polar surface area (TPSA) is 38.1 Å². The molecule has 0 aliphatic rings. The summed E-state index contributed by atoms with van der Waals surface area (Å²) in [4.78, 5) is 16.2. The van der Waals surface area contributed by atoms with Gasteiger partial charge in [-0.1, -0.05) is 24.3 Å². The number of nitrogens with zero attached hydrogens (tertiary/aromatic N) is 3. The molecule has 0 spiro atoms. The molecule has 3 aromatic rings. The lowest BCUT2D eigenvalue weighted by Crippen LogP contribution is -2.42. The van der Waals surface area contributed by atoms with Gasteiger partial charge in [0, 0.05) is 18.3 Å². The minimum absolute atomic E-state index is 0.0237. The van der Waals surface area contributed by atoms with Crippen molar-refractivity contribution in [1.29, 1.82) is 0 Å². The number of benzene rings is 1. The molecule has 25 heavy (non-hydrogen) atoms. The van der Waals surface area contributed by atoms with Gasteiger partial charge in [-0.05, 0) is 51.3 Å². The van der Waals surface area contributed by atoms with E-state index in [0.717, 1.165) is 16.3 Å². The number of thiophene rings is 1. The van der Waals surface area contributed by atoms with Crippen molar-refractivity contribution >= 4 is 17.2 Å². The molecule has 0 aliphatic heterocycles. The van der Waals surface area contributed by atoms with Gasteiger partial charge in [-0.25, -0.2) is 4.68 Å². The molecular formula is C20H23N3OS. The summed E-state index contributed by atoms with van der Waals surface area (Å²) >= 11 is 1.60. The van der Waals surface area contributed by atoms with Crippen molar-refractivity contribution in [1.82, 2.24) is 14.7 Å². The van der Waals surface area contributed by atoms with E-state index in [9.17, 15) is 4.79 Å². The van der Waals surface area contributed by atoms with Crippen molar-refractivity contribution < 1.29 is 4.79 Å². The highest BCUT2D eigenvalue weighted by atomic mass is 32.1. The third-order valence-electron chi connectivity index (χ3n) is 4.07. The molecule has 0 saturated heterocycles. The highest BCUT2D eigenvalue weighted by Crippen LogP contribution is 2.29. The summed E-state index contributed by atoms with van der Waals surface area (Å²) in [6.45, 7) is 8.18. The second kappa shape index (κ2) is 7.23. The van der Waals surface area contributed by atoms with Crippen molar-refractivity contribution in [2.75, 3.05) is 0 Å². The molecule has 0 atom stereocenters. The Hall–Kier alpha value is -2.40. The molecule has 1 aromatic carbocycles. The van der Waals surface area contributed by atoms with Gasteiger partial charge in [-0.2, -0.15) is 5.10 Å². The average molecular weight is 353 g/mol. The van der Waals surface area contributed by atoms with Crippen molar-refractivity contribution in [3.05, 3.63) is 59.6 Å². The molecule has 2 heterocycles. The molecule has 5 heteroatoms. The Morgan fingerprint density at radius 3 is 2.28 bits per heavy atom. The molecule has 0 radical (unpaired) electrons. The van der Waals surface area contributed by atoms with Gasteiger partial charge in [-0.15, -0.1) is 11.3 Å². The minimum atomic E-state index is 0.0237. The van der Waals surface area contributed by atoms with Gasteiger partial charge < -0.3 is 4.90 Å². The van der Waals surface area contributed by atoms with Crippen LogP contribution in [-0.2, 0) is 0 Å². The van der Waals surface area contributed by atoms with Crippen LogP contribution in [0.3, 0.4) is 0 Å². The number of carbonyl (C=O) groups is 1. The van der Waals surface area contributed by atoms with E-state index in [2.05, 4.69) is 0 Å². The Morgan fingerprint density at radius 1 is 1.04 bits per heavy atom. The van der Waals surface area contributed by atoms with Gasteiger partial charge in [0.05, 0.1) is 16.1 Å². The summed E-state index contributed by atoms with van der Waals surface area (Å²) in [7, 11) is 0. The molecule has 130 valence electrons. The normalized spacial score (nSPS) is 11.3. The maximum Gasteiger partial charge on any atom is 0.258 e. The Kier molecular flexibility index (Phi) is 5.04. The fourth-order valence-electron chi connectivity index (χ4n) is 3.04. The van der Waals surface area contributed by atoms with Gasteiger partial charge in [0.2, 0.25) is 0 Å². The number of carbonyl (C=O) groups excluding carboxylic acids is 1. The zero-order chi connectivity index (χ0) is 18.0. The third kappa shape index (κ3) is 3.51. The fraction of sp³-hybridized carbons (Fsp3) is 0.300. The first-order chi connectivity index (χ1) is 12.0. The average Bonchev–Trinajstić information content (AvgIpc) is 3.24. The summed E-state index contributed by atoms with van der Waals surface area (Å²) in [5.74, 6) is 0.0237. The van der Waals surface area contributed by atoms with E-state index in [1.807, 2.05) is 86.6 Å². The van der Waals surface area contributed by atoms with Crippen LogP contribution in [0.15, 0.2) is 54.0 Å². The Balaban J connectivity index is 2.11. The maximum atomic E-state index is 13.3. The SMILES string of the molecule is CC(C)N(C(=O)c1cn(-c2ccccc2)nc1-c1cccs1)C(C)C. The number of hydrogen-bond donors (Lipinski definition) is 0. The monoisotopic (exact) mass is 353 g/mol. The summed E-state index contributed by atoms with van der Waals surface area (Å²) in [5, 5.41) is 6.73. The molecule has 0 N–H and O–H groups in total. The quantitative estimate of drug-likeness (QED) is 0.657. The number of aromatic nitrogens is 2. The van der Waals surface area contributed by atoms with Crippen LogP contribution in [-0.4, -0.2) is 32.7 Å². The molecule has 0 saturated carbocycles. The fourth-order valence-corrected chi connectivity index (χ4v) is 3.77. The van der Waals surface area contributed by atoms with Crippen LogP contribution in [0.1, 0.15) is 38.1 Å². The number of amides is 1. The van der Waals surface area contributed by atoms with E-state index in [4.69, 9.17) is 5.10 Å². The summed E-state index contributed by atoms with van der Waals surface area (Å²) in [6, 6.07) is 14.1. The molecule has 0 bridgehead atoms. The van der Waals surface area contributed by atoms with Crippen molar-refractivity contribution in [3.8, 4) is 16.3 Å². The predicted molar refractivity (Wildman–Crippen MR) is 103 cm³/mol. The summed E-state index contributed by atoms with van der Waals surface area (Å²) in [5.41, 5.74) is 2.34. The van der Waals surface area contributed by atoms with Crippen molar-refractivity contribution in [2.45, 2.75) is 39.8 Å². The first-order valence-corrected chi connectivity index (χ1v) is 9.38. The minimum Gasteiger partial charge on any atom is -0.334 e. The van der Waals surface area contributed by atoms with Crippen LogP contribution in [0.25, 0.3) is 16.3 Å². The van der Waals surface area contributed by atoms with Crippen LogP contribution in [0.5, 0.6) is 0 Å². The smallest absolute Gasteiger partial charge is 0.258 e. The summed E-state index contributed by atoms with van der Waals surface area (Å²) < 4.78 is 1.79. The zero-order valence-corrected chi connectivity index (χ0v) is 15.8. The van der Waals surface area contributed by atoms with Crippen LogP contribution >= 0.6 is 11.3 Å². The van der Waals surface area contributed by atoms with Gasteiger partial charge in [0.1, 0.15) is 5.69 Å². The van der Waals surface area contributed by atoms with Gasteiger partial charge in [0.25, 0.3) is 5.91 Å². The second-order valence-corrected chi connectivity index (χ2v) is 7.50. The van der Waals surface area contributed by atoms with Crippen LogP contribution in [0, 0.1) is 0 Å². The van der Waals surface area contributed by atoms with E-state index in [1.54, 1.807) is 16.0 Å². The van der Waals surface area contributed by atoms with Gasteiger partial charge in [0.15, 0.2) is 0 Å². The third-order valence-corrected chi connectivity index (χ3v) is 4.94. The standard InChI is InChI=1S/C20H23N3OS/c1-14(2)23(15(3)4)20(24)17-13-22(16-9-6-5-7-10-16)21-19(17)18-11-8-12-25-18/h5-15H,1-4H3. The number of para-hydroxylation sites is 1. The van der Waals surface area contributed by atoms with Crippen LogP contribution in [0.2, 0.25) is 0 Å². The van der Waals surface area contributed by atoms with E-state index < -0.39 is 0 Å². The molecule has 0 aliphatic carbocycles. The first-order valence-electron chi connectivity index (χ1n) is 8.50. The molecule has 3 rings (SSSR count). The van der Waals surface area contributed by atoms with Gasteiger partial charge >= 0.3 is 0 Å². The number of rotatable bonds is 5. The maximum absolute atomic E-state index is 13.3. The molecule has 0 fully saturated rings. The van der Waals surface area contributed by atoms with E-state index in [-0.39, 0.29) is 18.0 Å². The predicted octanol–water partition coefficient (Wildman–Crippen LogP) is 4.86. The Labute approximate surface area is 152 Å². The zero-order valence-electron chi connectivity index (χ0n) is 15.0. The summed E-state index contributed by atoms with van der Waals surface area (Å²) in [6.07, 6.45) is 1.85. The molecule has 4 nitrogen and oxygen atoms in total. The van der Waals surface area contributed by atoms with Crippen LogP contribution < -0.4 is 0 Å². The molecule has 1 amide bonds. The number of hydrogen-bond acceptors (Lipinski definition) is 3. The molecule has 2 aromatic heterocycles. The lowest BCUT2D eigenvalue weighted by Gasteiger charge is -2.30. The van der Waals surface area contributed by atoms with Crippen LogP contribution in [0.4, 0.5) is 0 Å². The largest absolute Gasteiger partial charge is 0.334 e. The highest BCUT2D eigenvalue weighted by Gasteiger charge is 2.27. The Bertz CT molecular complexity index is 827.